The first-order chi connectivity index (χ1) is 13.2. The van der Waals surface area contributed by atoms with Crippen LogP contribution in [0, 0.1) is 0 Å². The molecule has 6 nitrogen and oxygen atoms in total. The fourth-order valence-electron chi connectivity index (χ4n) is 5.32. The normalized spacial score (nSPS) is 30.1. The molecular formula is C21H41IN6. The van der Waals surface area contributed by atoms with E-state index in [2.05, 4.69) is 37.4 Å². The largest absolute Gasteiger partial charge is 0.355 e. The Morgan fingerprint density at radius 3 is 2.36 bits per heavy atom. The van der Waals surface area contributed by atoms with Crippen LogP contribution in [0.1, 0.15) is 51.4 Å². The van der Waals surface area contributed by atoms with Crippen molar-refractivity contribution in [2.45, 2.75) is 69.0 Å². The molecule has 1 saturated carbocycles. The molecule has 1 aliphatic carbocycles. The van der Waals surface area contributed by atoms with E-state index in [0.717, 1.165) is 18.5 Å². The van der Waals surface area contributed by atoms with Crippen LogP contribution in [0.4, 0.5) is 0 Å². The van der Waals surface area contributed by atoms with E-state index in [1.54, 1.807) is 0 Å². The average Bonchev–Trinajstić information content (AvgIpc) is 3.46. The van der Waals surface area contributed by atoms with Gasteiger partial charge in [-0.2, -0.15) is 0 Å². The van der Waals surface area contributed by atoms with Crippen LogP contribution in [0.5, 0.6) is 0 Å². The van der Waals surface area contributed by atoms with Crippen LogP contribution in [-0.2, 0) is 0 Å². The van der Waals surface area contributed by atoms with E-state index in [1.807, 2.05) is 7.05 Å². The van der Waals surface area contributed by atoms with Gasteiger partial charge in [0, 0.05) is 44.3 Å². The molecule has 3 aliphatic heterocycles. The van der Waals surface area contributed by atoms with E-state index in [9.17, 15) is 0 Å². The van der Waals surface area contributed by atoms with E-state index in [4.69, 9.17) is 0 Å². The summed E-state index contributed by atoms with van der Waals surface area (Å²) < 4.78 is 0. The number of aliphatic imine (C=N–C) groups is 1. The third-order valence-electron chi connectivity index (χ3n) is 7.38. The van der Waals surface area contributed by atoms with E-state index >= 15 is 0 Å². The lowest BCUT2D eigenvalue weighted by molar-refractivity contribution is 0.0173. The zero-order chi connectivity index (χ0) is 18.7. The van der Waals surface area contributed by atoms with Gasteiger partial charge in [0.05, 0.1) is 0 Å². The summed E-state index contributed by atoms with van der Waals surface area (Å²) in [5.74, 6) is 1.01. The number of hydrogen-bond acceptors (Lipinski definition) is 4. The van der Waals surface area contributed by atoms with Gasteiger partial charge in [-0.25, -0.2) is 0 Å². The van der Waals surface area contributed by atoms with Crippen LogP contribution in [0.25, 0.3) is 0 Å². The molecule has 4 fully saturated rings. The van der Waals surface area contributed by atoms with Gasteiger partial charge in [0.15, 0.2) is 5.96 Å². The lowest BCUT2D eigenvalue weighted by Gasteiger charge is -2.50. The van der Waals surface area contributed by atoms with Crippen LogP contribution in [0.15, 0.2) is 4.99 Å². The quantitative estimate of drug-likeness (QED) is 0.341. The Morgan fingerprint density at radius 2 is 1.71 bits per heavy atom. The molecule has 0 spiro atoms. The summed E-state index contributed by atoms with van der Waals surface area (Å²) in [6, 6.07) is 1.44. The Labute approximate surface area is 188 Å². The number of nitrogens with zero attached hydrogens (tertiary/aromatic N) is 4. The fraction of sp³-hybridized carbons (Fsp3) is 0.952. The van der Waals surface area contributed by atoms with Gasteiger partial charge in [-0.05, 0) is 78.2 Å². The third kappa shape index (κ3) is 5.52. The lowest BCUT2D eigenvalue weighted by atomic mass is 9.84. The average molecular weight is 505 g/mol. The SMILES string of the molecule is CN=C(NCC1(N2CCCCC2)CCN(C)CC1)NC1CCN(C2CC2)C1.I. The Hall–Kier alpha value is -0.120. The number of nitrogens with one attached hydrogen (secondary N) is 2. The molecule has 0 radical (unpaired) electrons. The Kier molecular flexibility index (Phi) is 8.27. The number of guanidine groups is 1. The summed E-state index contributed by atoms with van der Waals surface area (Å²) in [5.41, 5.74) is 0.306. The minimum atomic E-state index is 0. The molecular weight excluding hydrogens is 463 g/mol. The van der Waals surface area contributed by atoms with Crippen molar-refractivity contribution in [1.29, 1.82) is 0 Å². The highest BCUT2D eigenvalue weighted by atomic mass is 127. The number of halogens is 1. The zero-order valence-corrected chi connectivity index (χ0v) is 20.3. The molecule has 1 unspecified atom stereocenters. The van der Waals surface area contributed by atoms with Crippen molar-refractivity contribution in [2.24, 2.45) is 4.99 Å². The van der Waals surface area contributed by atoms with Crippen molar-refractivity contribution < 1.29 is 0 Å². The molecule has 0 aromatic carbocycles. The molecule has 2 N–H and O–H groups in total. The third-order valence-corrected chi connectivity index (χ3v) is 7.38. The Balaban J connectivity index is 0.00000225. The number of piperidine rings is 2. The van der Waals surface area contributed by atoms with Crippen molar-refractivity contribution in [3.8, 4) is 0 Å². The molecule has 0 bridgehead atoms. The fourth-order valence-corrected chi connectivity index (χ4v) is 5.32. The minimum absolute atomic E-state index is 0. The van der Waals surface area contributed by atoms with Crippen molar-refractivity contribution in [3.05, 3.63) is 0 Å². The van der Waals surface area contributed by atoms with Crippen LogP contribution in [-0.4, -0.2) is 98.2 Å². The number of hydrogen-bond donors (Lipinski definition) is 2. The van der Waals surface area contributed by atoms with Gasteiger partial charge in [-0.15, -0.1) is 24.0 Å². The van der Waals surface area contributed by atoms with E-state index in [1.165, 1.54) is 90.6 Å². The van der Waals surface area contributed by atoms with Crippen LogP contribution in [0.3, 0.4) is 0 Å². The first-order valence-electron chi connectivity index (χ1n) is 11.3. The van der Waals surface area contributed by atoms with Crippen molar-refractivity contribution in [3.63, 3.8) is 0 Å². The predicted octanol–water partition coefficient (Wildman–Crippen LogP) is 1.96. The van der Waals surface area contributed by atoms with Gasteiger partial charge in [0.25, 0.3) is 0 Å². The second-order valence-corrected chi connectivity index (χ2v) is 9.36. The molecule has 7 heteroatoms. The van der Waals surface area contributed by atoms with Crippen molar-refractivity contribution >= 4 is 29.9 Å². The highest BCUT2D eigenvalue weighted by Gasteiger charge is 2.40. The number of rotatable bonds is 5. The van der Waals surface area contributed by atoms with Gasteiger partial charge in [-0.3, -0.25) is 14.8 Å². The molecule has 162 valence electrons. The second kappa shape index (κ2) is 10.3. The minimum Gasteiger partial charge on any atom is -0.355 e. The second-order valence-electron chi connectivity index (χ2n) is 9.36. The highest BCUT2D eigenvalue weighted by molar-refractivity contribution is 14.0. The van der Waals surface area contributed by atoms with Gasteiger partial charge in [0.1, 0.15) is 0 Å². The smallest absolute Gasteiger partial charge is 0.191 e. The monoisotopic (exact) mass is 504 g/mol. The summed E-state index contributed by atoms with van der Waals surface area (Å²) in [6.07, 6.45) is 10.7. The molecule has 3 saturated heterocycles. The van der Waals surface area contributed by atoms with Crippen LogP contribution in [0.2, 0.25) is 0 Å². The molecule has 4 aliphatic rings. The summed E-state index contributed by atoms with van der Waals surface area (Å²) in [5, 5.41) is 7.45. The Bertz CT molecular complexity index is 509. The first kappa shape index (κ1) is 22.6. The number of likely N-dealkylation sites (tertiary alicyclic amines) is 3. The van der Waals surface area contributed by atoms with E-state index < -0.39 is 0 Å². The topological polar surface area (TPSA) is 46.1 Å². The lowest BCUT2D eigenvalue weighted by Crippen LogP contribution is -2.62. The first-order valence-corrected chi connectivity index (χ1v) is 11.3. The highest BCUT2D eigenvalue weighted by Crippen LogP contribution is 2.31. The maximum atomic E-state index is 4.56. The van der Waals surface area contributed by atoms with E-state index in [-0.39, 0.29) is 24.0 Å². The molecule has 1 atom stereocenters. The molecule has 3 heterocycles. The Morgan fingerprint density at radius 1 is 1.00 bits per heavy atom. The summed E-state index contributed by atoms with van der Waals surface area (Å²) >= 11 is 0. The molecule has 0 aromatic heterocycles. The van der Waals surface area contributed by atoms with Crippen LogP contribution >= 0.6 is 24.0 Å². The van der Waals surface area contributed by atoms with Gasteiger partial charge in [-0.1, -0.05) is 6.42 Å². The zero-order valence-electron chi connectivity index (χ0n) is 18.0. The van der Waals surface area contributed by atoms with Gasteiger partial charge >= 0.3 is 0 Å². The predicted molar refractivity (Wildman–Crippen MR) is 128 cm³/mol. The van der Waals surface area contributed by atoms with Crippen LogP contribution < -0.4 is 10.6 Å². The summed E-state index contributed by atoms with van der Waals surface area (Å²) in [4.78, 5) is 12.5. The molecule has 0 aromatic rings. The van der Waals surface area contributed by atoms with Crippen molar-refractivity contribution in [2.75, 3.05) is 59.9 Å². The standard InChI is InChI=1S/C21H40N6.HI/c1-22-20(24-18-8-13-26(16-18)19-6-7-19)23-17-21(9-14-25(2)15-10-21)27-11-4-3-5-12-27;/h18-19H,3-17H2,1-2H3,(H2,22,23,24);1H. The van der Waals surface area contributed by atoms with Gasteiger partial charge < -0.3 is 15.5 Å². The summed E-state index contributed by atoms with van der Waals surface area (Å²) in [7, 11) is 4.19. The molecule has 0 amide bonds. The van der Waals surface area contributed by atoms with Gasteiger partial charge in [0.2, 0.25) is 0 Å². The maximum absolute atomic E-state index is 4.56. The van der Waals surface area contributed by atoms with E-state index in [0.29, 0.717) is 11.6 Å². The molecule has 4 rings (SSSR count). The summed E-state index contributed by atoms with van der Waals surface area (Å²) in [6.45, 7) is 8.44. The van der Waals surface area contributed by atoms with Crippen molar-refractivity contribution in [1.82, 2.24) is 25.3 Å². The maximum Gasteiger partial charge on any atom is 0.191 e. The molecule has 28 heavy (non-hydrogen) atoms.